The molecule has 3 aromatic carbocycles. The smallest absolute Gasteiger partial charge is 0.271 e. The molecule has 156 valence electrons. The first-order valence-electron chi connectivity index (χ1n) is 9.12. The zero-order chi connectivity index (χ0) is 22.1. The molecule has 1 amide bonds. The average Bonchev–Trinajstić information content (AvgIpc) is 2.68. The molecular weight excluding hydrogens is 406 g/mol. The van der Waals surface area contributed by atoms with E-state index in [1.165, 1.54) is 19.1 Å². The lowest BCUT2D eigenvalue weighted by molar-refractivity contribution is -0.384. The minimum atomic E-state index is -3.91. The number of rotatable bonds is 6. The topological polar surface area (TPSA) is 110 Å². The number of nitro groups is 1. The monoisotopic (exact) mass is 427 g/mol. The van der Waals surface area contributed by atoms with E-state index in [4.69, 9.17) is 0 Å². The molecule has 1 N–H and O–H groups in total. The van der Waals surface area contributed by atoms with Gasteiger partial charge in [-0.15, -0.1) is 0 Å². The maximum Gasteiger partial charge on any atom is 0.271 e. The second-order valence-corrected chi connectivity index (χ2v) is 8.84. The van der Waals surface area contributed by atoms with Crippen molar-refractivity contribution in [3.8, 4) is 0 Å². The maximum atomic E-state index is 13.0. The third-order valence-electron chi connectivity index (χ3n) is 4.78. The van der Waals surface area contributed by atoms with E-state index >= 15 is 0 Å². The van der Waals surface area contributed by atoms with Gasteiger partial charge in [0.15, 0.2) is 0 Å². The van der Waals surface area contributed by atoms with Gasteiger partial charge in [0.1, 0.15) is 6.04 Å². The summed E-state index contributed by atoms with van der Waals surface area (Å²) in [7, 11) is -3.91. The lowest BCUT2D eigenvalue weighted by Crippen LogP contribution is -2.45. The number of nitro benzene ring substituents is 1. The molecule has 0 radical (unpaired) electrons. The highest BCUT2D eigenvalue weighted by molar-refractivity contribution is 7.92. The number of fused-ring (bicyclic) bond motifs is 1. The molecule has 0 bridgehead atoms. The zero-order valence-corrected chi connectivity index (χ0v) is 17.5. The first kappa shape index (κ1) is 21.3. The molecule has 0 aromatic heterocycles. The lowest BCUT2D eigenvalue weighted by atomic mass is 10.1. The summed E-state index contributed by atoms with van der Waals surface area (Å²) in [5, 5.41) is 15.7. The molecule has 1 unspecified atom stereocenters. The van der Waals surface area contributed by atoms with Gasteiger partial charge in [-0.2, -0.15) is 0 Å². The van der Waals surface area contributed by atoms with Crippen molar-refractivity contribution in [3.05, 3.63) is 76.3 Å². The number of anilines is 2. The van der Waals surface area contributed by atoms with Gasteiger partial charge >= 0.3 is 0 Å². The molecule has 3 rings (SSSR count). The van der Waals surface area contributed by atoms with Crippen LogP contribution in [0.1, 0.15) is 12.5 Å². The molecule has 0 fully saturated rings. The van der Waals surface area contributed by atoms with Crippen LogP contribution in [0.5, 0.6) is 0 Å². The van der Waals surface area contributed by atoms with Crippen LogP contribution in [0.3, 0.4) is 0 Å². The highest BCUT2D eigenvalue weighted by Crippen LogP contribution is 2.30. The van der Waals surface area contributed by atoms with Gasteiger partial charge in [0.25, 0.3) is 5.69 Å². The second-order valence-electron chi connectivity index (χ2n) is 6.98. The number of aryl methyl sites for hydroxylation is 1. The first-order chi connectivity index (χ1) is 14.1. The van der Waals surface area contributed by atoms with Crippen LogP contribution in [0.2, 0.25) is 0 Å². The van der Waals surface area contributed by atoms with Crippen molar-refractivity contribution in [2.24, 2.45) is 0 Å². The zero-order valence-electron chi connectivity index (χ0n) is 16.7. The van der Waals surface area contributed by atoms with Crippen molar-refractivity contribution in [1.29, 1.82) is 0 Å². The van der Waals surface area contributed by atoms with Crippen molar-refractivity contribution < 1.29 is 18.1 Å². The molecule has 30 heavy (non-hydrogen) atoms. The Balaban J connectivity index is 2.00. The molecule has 0 spiro atoms. The number of sulfonamides is 1. The Kier molecular flexibility index (Phi) is 5.75. The van der Waals surface area contributed by atoms with Gasteiger partial charge in [0, 0.05) is 23.2 Å². The highest BCUT2D eigenvalue weighted by atomic mass is 32.2. The summed E-state index contributed by atoms with van der Waals surface area (Å²) < 4.78 is 26.0. The van der Waals surface area contributed by atoms with Gasteiger partial charge in [0.2, 0.25) is 15.9 Å². The van der Waals surface area contributed by atoms with Gasteiger partial charge in [-0.3, -0.25) is 19.2 Å². The molecule has 0 heterocycles. The first-order valence-corrected chi connectivity index (χ1v) is 11.0. The number of nitrogens with one attached hydrogen (secondary N) is 1. The SMILES string of the molecule is Cc1ccc([N+](=O)[O-])cc1N(C(C)C(=O)Nc1cccc2ccccc12)S(C)(=O)=O. The third-order valence-corrected chi connectivity index (χ3v) is 6.00. The van der Waals surface area contributed by atoms with E-state index in [0.717, 1.165) is 27.4 Å². The van der Waals surface area contributed by atoms with E-state index < -0.39 is 26.9 Å². The largest absolute Gasteiger partial charge is 0.324 e. The predicted octanol–water partition coefficient (Wildman–Crippen LogP) is 3.85. The fourth-order valence-corrected chi connectivity index (χ4v) is 4.53. The van der Waals surface area contributed by atoms with Gasteiger partial charge in [0.05, 0.1) is 16.9 Å². The van der Waals surface area contributed by atoms with Crippen LogP contribution >= 0.6 is 0 Å². The van der Waals surface area contributed by atoms with Crippen LogP contribution in [0.25, 0.3) is 10.8 Å². The third kappa shape index (κ3) is 4.25. The molecule has 3 aromatic rings. The molecular formula is C21H21N3O5S. The van der Waals surface area contributed by atoms with Crippen molar-refractivity contribution in [1.82, 2.24) is 0 Å². The minimum Gasteiger partial charge on any atom is -0.324 e. The standard InChI is InChI=1S/C21H21N3O5S/c1-14-11-12-17(24(26)27)13-20(14)23(30(3,28)29)15(2)21(25)22-19-10-6-8-16-7-4-5-9-18(16)19/h4-13,15H,1-3H3,(H,22,25). The van der Waals surface area contributed by atoms with Crippen LogP contribution in [-0.4, -0.2) is 31.5 Å². The van der Waals surface area contributed by atoms with Crippen molar-refractivity contribution in [2.45, 2.75) is 19.9 Å². The Hall–Kier alpha value is -3.46. The summed E-state index contributed by atoms with van der Waals surface area (Å²) >= 11 is 0. The van der Waals surface area contributed by atoms with E-state index in [2.05, 4.69) is 5.32 Å². The lowest BCUT2D eigenvalue weighted by Gasteiger charge is -2.29. The Morgan fingerprint density at radius 3 is 2.43 bits per heavy atom. The van der Waals surface area contributed by atoms with Crippen LogP contribution < -0.4 is 9.62 Å². The highest BCUT2D eigenvalue weighted by Gasteiger charge is 2.31. The van der Waals surface area contributed by atoms with Crippen LogP contribution in [0, 0.1) is 17.0 Å². The molecule has 9 heteroatoms. The van der Waals surface area contributed by atoms with Gasteiger partial charge in [-0.25, -0.2) is 8.42 Å². The number of non-ortho nitro benzene ring substituents is 1. The van der Waals surface area contributed by atoms with Gasteiger partial charge in [-0.1, -0.05) is 42.5 Å². The van der Waals surface area contributed by atoms with Gasteiger partial charge in [-0.05, 0) is 30.9 Å². The second kappa shape index (κ2) is 8.11. The Labute approximate surface area is 174 Å². The summed E-state index contributed by atoms with van der Waals surface area (Å²) in [6.07, 6.45) is 0.965. The molecule has 0 aliphatic carbocycles. The van der Waals surface area contributed by atoms with E-state index in [-0.39, 0.29) is 11.4 Å². The molecule has 0 saturated carbocycles. The van der Waals surface area contributed by atoms with Gasteiger partial charge < -0.3 is 5.32 Å². The number of hydrogen-bond acceptors (Lipinski definition) is 5. The fourth-order valence-electron chi connectivity index (χ4n) is 3.30. The number of carbonyl (C=O) groups is 1. The normalized spacial score (nSPS) is 12.4. The summed E-state index contributed by atoms with van der Waals surface area (Å²) in [6.45, 7) is 3.08. The molecule has 0 aliphatic heterocycles. The van der Waals surface area contributed by atoms with E-state index in [0.29, 0.717) is 11.3 Å². The number of amides is 1. The van der Waals surface area contributed by atoms with Crippen LogP contribution in [0.15, 0.2) is 60.7 Å². The number of nitrogens with zero attached hydrogens (tertiary/aromatic N) is 2. The van der Waals surface area contributed by atoms with Crippen molar-refractivity contribution in [3.63, 3.8) is 0 Å². The summed E-state index contributed by atoms with van der Waals surface area (Å²) in [5.41, 5.74) is 0.878. The number of benzene rings is 3. The van der Waals surface area contributed by atoms with Crippen molar-refractivity contribution in [2.75, 3.05) is 15.9 Å². The molecule has 0 saturated heterocycles. The molecule has 0 aliphatic rings. The Bertz CT molecular complexity index is 1240. The minimum absolute atomic E-state index is 0.0901. The van der Waals surface area contributed by atoms with Crippen LogP contribution in [0.4, 0.5) is 17.1 Å². The van der Waals surface area contributed by atoms with Crippen LogP contribution in [-0.2, 0) is 14.8 Å². The molecule has 8 nitrogen and oxygen atoms in total. The van der Waals surface area contributed by atoms with E-state index in [9.17, 15) is 23.3 Å². The maximum absolute atomic E-state index is 13.0. The summed E-state index contributed by atoms with van der Waals surface area (Å²) in [6, 6.07) is 15.7. The number of carbonyl (C=O) groups excluding carboxylic acids is 1. The van der Waals surface area contributed by atoms with E-state index in [1.807, 2.05) is 30.3 Å². The summed E-state index contributed by atoms with van der Waals surface area (Å²) in [5.74, 6) is -0.553. The fraction of sp³-hybridized carbons (Fsp3) is 0.190. The quantitative estimate of drug-likeness (QED) is 0.475. The predicted molar refractivity (Wildman–Crippen MR) is 117 cm³/mol. The van der Waals surface area contributed by atoms with E-state index in [1.54, 1.807) is 19.1 Å². The Morgan fingerprint density at radius 1 is 1.10 bits per heavy atom. The Morgan fingerprint density at radius 2 is 1.77 bits per heavy atom. The molecule has 1 atom stereocenters. The van der Waals surface area contributed by atoms with Crippen molar-refractivity contribution >= 4 is 43.8 Å². The average molecular weight is 427 g/mol. The summed E-state index contributed by atoms with van der Waals surface area (Å²) in [4.78, 5) is 23.6. The number of hydrogen-bond donors (Lipinski definition) is 1.